The highest BCUT2D eigenvalue weighted by molar-refractivity contribution is 7.89. The number of carbonyl (C=O) groups is 2. The molecule has 0 bridgehead atoms. The summed E-state index contributed by atoms with van der Waals surface area (Å²) in [5.41, 5.74) is 0.0896. The number of hydrogen-bond acceptors (Lipinski definition) is 7. The van der Waals surface area contributed by atoms with Crippen molar-refractivity contribution in [2.45, 2.75) is 10.9 Å². The minimum atomic E-state index is -3.96. The fourth-order valence-corrected chi connectivity index (χ4v) is 5.61. The van der Waals surface area contributed by atoms with Crippen molar-refractivity contribution in [2.24, 2.45) is 5.14 Å². The molecule has 1 atom stereocenters. The highest BCUT2D eigenvalue weighted by Crippen LogP contribution is 2.45. The number of carbonyl (C=O) groups excluding carboxylic acids is 2. The number of anilines is 1. The van der Waals surface area contributed by atoms with Crippen LogP contribution in [0.1, 0.15) is 16.5 Å². The SMILES string of the molecule is COc1c(Cl)cc(Cl)cc1/C(O)=C1/C(=O)C(=O)N(c2ccc(S(N)(=O)=O)cc2)C1c1cccs1. The van der Waals surface area contributed by atoms with Crippen LogP contribution in [0, 0.1) is 0 Å². The molecule has 4 rings (SSSR count). The van der Waals surface area contributed by atoms with E-state index in [0.29, 0.717) is 4.88 Å². The maximum absolute atomic E-state index is 13.2. The van der Waals surface area contributed by atoms with Crippen molar-refractivity contribution in [3.63, 3.8) is 0 Å². The number of aliphatic hydroxyl groups excluding tert-OH is 1. The predicted molar refractivity (Wildman–Crippen MR) is 130 cm³/mol. The first-order valence-corrected chi connectivity index (χ1v) is 12.7. The van der Waals surface area contributed by atoms with Gasteiger partial charge in [0.2, 0.25) is 10.0 Å². The number of ether oxygens (including phenoxy) is 1. The van der Waals surface area contributed by atoms with Gasteiger partial charge >= 0.3 is 0 Å². The number of primary sulfonamides is 1. The van der Waals surface area contributed by atoms with Crippen molar-refractivity contribution < 1.29 is 27.9 Å². The van der Waals surface area contributed by atoms with E-state index in [1.165, 1.54) is 59.7 Å². The number of rotatable bonds is 5. The molecule has 0 spiro atoms. The molecule has 1 aromatic heterocycles. The van der Waals surface area contributed by atoms with Crippen LogP contribution in [-0.2, 0) is 19.6 Å². The molecule has 3 aromatic rings. The smallest absolute Gasteiger partial charge is 0.300 e. The van der Waals surface area contributed by atoms with Gasteiger partial charge < -0.3 is 9.84 Å². The van der Waals surface area contributed by atoms with Gasteiger partial charge in [0, 0.05) is 15.6 Å². The second-order valence-electron chi connectivity index (χ2n) is 7.19. The Morgan fingerprint density at radius 2 is 1.82 bits per heavy atom. The summed E-state index contributed by atoms with van der Waals surface area (Å²) in [6.07, 6.45) is 0. The lowest BCUT2D eigenvalue weighted by molar-refractivity contribution is -0.132. The average molecular weight is 539 g/mol. The Kier molecular flexibility index (Phi) is 6.45. The monoisotopic (exact) mass is 538 g/mol. The van der Waals surface area contributed by atoms with Crippen LogP contribution in [0.2, 0.25) is 10.0 Å². The molecule has 0 aliphatic carbocycles. The van der Waals surface area contributed by atoms with Crippen LogP contribution in [-0.4, -0.2) is 32.3 Å². The molecule has 1 saturated heterocycles. The third-order valence-electron chi connectivity index (χ3n) is 5.17. The van der Waals surface area contributed by atoms with Gasteiger partial charge in [0.1, 0.15) is 17.6 Å². The molecule has 2 heterocycles. The highest BCUT2D eigenvalue weighted by Gasteiger charge is 2.47. The van der Waals surface area contributed by atoms with Gasteiger partial charge in [-0.25, -0.2) is 13.6 Å². The van der Waals surface area contributed by atoms with Crippen LogP contribution in [0.4, 0.5) is 5.69 Å². The summed E-state index contributed by atoms with van der Waals surface area (Å²) in [6, 6.07) is 10.4. The molecule has 0 saturated carbocycles. The number of aliphatic hydroxyl groups is 1. The zero-order valence-corrected chi connectivity index (χ0v) is 20.5. The summed E-state index contributed by atoms with van der Waals surface area (Å²) < 4.78 is 28.5. The van der Waals surface area contributed by atoms with Crippen molar-refractivity contribution in [1.29, 1.82) is 0 Å². The quantitative estimate of drug-likeness (QED) is 0.282. The number of hydrogen-bond donors (Lipinski definition) is 2. The molecule has 12 heteroatoms. The van der Waals surface area contributed by atoms with Crippen molar-refractivity contribution in [3.8, 4) is 5.75 Å². The van der Waals surface area contributed by atoms with E-state index in [4.69, 9.17) is 33.1 Å². The summed E-state index contributed by atoms with van der Waals surface area (Å²) in [5, 5.41) is 18.5. The van der Waals surface area contributed by atoms with Crippen molar-refractivity contribution in [1.82, 2.24) is 0 Å². The van der Waals surface area contributed by atoms with E-state index in [-0.39, 0.29) is 37.5 Å². The molecule has 1 unspecified atom stereocenters. The Bertz CT molecular complexity index is 1430. The Morgan fingerprint density at radius 1 is 1.15 bits per heavy atom. The Morgan fingerprint density at radius 3 is 2.38 bits per heavy atom. The van der Waals surface area contributed by atoms with E-state index in [0.717, 1.165) is 0 Å². The summed E-state index contributed by atoms with van der Waals surface area (Å²) in [6.45, 7) is 0. The van der Waals surface area contributed by atoms with Crippen molar-refractivity contribution >= 4 is 67.7 Å². The van der Waals surface area contributed by atoms with Crippen LogP contribution in [0.3, 0.4) is 0 Å². The van der Waals surface area contributed by atoms with Gasteiger partial charge in [0.15, 0.2) is 0 Å². The number of nitrogens with two attached hydrogens (primary N) is 1. The number of methoxy groups -OCH3 is 1. The first kappa shape index (κ1) is 24.2. The van der Waals surface area contributed by atoms with Gasteiger partial charge in [-0.05, 0) is 47.8 Å². The summed E-state index contributed by atoms with van der Waals surface area (Å²) in [4.78, 5) is 27.9. The van der Waals surface area contributed by atoms with Gasteiger partial charge in [0.25, 0.3) is 11.7 Å². The molecule has 1 amide bonds. The number of nitrogens with zero attached hydrogens (tertiary/aromatic N) is 1. The Labute approximate surface area is 208 Å². The van der Waals surface area contributed by atoms with E-state index in [1.54, 1.807) is 17.5 Å². The minimum absolute atomic E-state index is 0.0455. The molecule has 8 nitrogen and oxygen atoms in total. The fourth-order valence-electron chi connectivity index (χ4n) is 3.70. The van der Waals surface area contributed by atoms with E-state index in [1.807, 2.05) is 0 Å². The lowest BCUT2D eigenvalue weighted by Crippen LogP contribution is -2.29. The molecule has 3 N–H and O–H groups in total. The van der Waals surface area contributed by atoms with Crippen LogP contribution in [0.5, 0.6) is 5.75 Å². The summed E-state index contributed by atoms with van der Waals surface area (Å²) in [7, 11) is -2.62. The van der Waals surface area contributed by atoms with Crippen LogP contribution >= 0.6 is 34.5 Å². The number of Topliss-reactive ketones (excluding diaryl/α,β-unsaturated/α-hetero) is 1. The van der Waals surface area contributed by atoms with E-state index < -0.39 is 33.5 Å². The van der Waals surface area contributed by atoms with Crippen LogP contribution < -0.4 is 14.8 Å². The molecule has 2 aromatic carbocycles. The van der Waals surface area contributed by atoms with Gasteiger partial charge in [0.05, 0.1) is 28.2 Å². The van der Waals surface area contributed by atoms with E-state index in [2.05, 4.69) is 0 Å². The number of benzene rings is 2. The largest absolute Gasteiger partial charge is 0.507 e. The molecule has 1 fully saturated rings. The lowest BCUT2D eigenvalue weighted by Gasteiger charge is -2.24. The normalized spacial score (nSPS) is 17.9. The number of ketones is 1. The zero-order chi connectivity index (χ0) is 24.8. The van der Waals surface area contributed by atoms with E-state index in [9.17, 15) is 23.1 Å². The molecule has 0 radical (unpaired) electrons. The molecular weight excluding hydrogens is 523 g/mol. The molecule has 1 aliphatic rings. The first-order chi connectivity index (χ1) is 16.0. The Hall–Kier alpha value is -2.89. The number of thiophene rings is 1. The number of amides is 1. The maximum Gasteiger partial charge on any atom is 0.300 e. The third kappa shape index (κ3) is 4.19. The van der Waals surface area contributed by atoms with Gasteiger partial charge in [-0.15, -0.1) is 11.3 Å². The van der Waals surface area contributed by atoms with Crippen molar-refractivity contribution in [2.75, 3.05) is 12.0 Å². The maximum atomic E-state index is 13.2. The van der Waals surface area contributed by atoms with Gasteiger partial charge in [-0.2, -0.15) is 0 Å². The van der Waals surface area contributed by atoms with Crippen LogP contribution in [0.15, 0.2) is 64.4 Å². The molecule has 1 aliphatic heterocycles. The topological polar surface area (TPSA) is 127 Å². The second-order valence-corrected chi connectivity index (χ2v) is 10.6. The second kappa shape index (κ2) is 9.05. The van der Waals surface area contributed by atoms with Crippen LogP contribution in [0.25, 0.3) is 5.76 Å². The summed E-state index contributed by atoms with van der Waals surface area (Å²) in [5.74, 6) is -2.28. The molecule has 176 valence electrons. The van der Waals surface area contributed by atoms with Gasteiger partial charge in [-0.1, -0.05) is 29.3 Å². The number of sulfonamides is 1. The fraction of sp³-hybridized carbons (Fsp3) is 0.0909. The zero-order valence-electron chi connectivity index (χ0n) is 17.4. The lowest BCUT2D eigenvalue weighted by atomic mass is 9.99. The highest BCUT2D eigenvalue weighted by atomic mass is 35.5. The standard InChI is InChI=1S/C22H16Cl2N2O6S2/c1-32-21-14(9-11(23)10-15(21)24)19(27)17-18(16-3-2-8-33-16)26(22(29)20(17)28)12-4-6-13(7-5-12)34(25,30)31/h2-10,18,27H,1H3,(H2,25,30,31)/b19-17-. The molecule has 34 heavy (non-hydrogen) atoms. The van der Waals surface area contributed by atoms with E-state index >= 15 is 0 Å². The molecular formula is C22H16Cl2N2O6S2. The minimum Gasteiger partial charge on any atom is -0.507 e. The summed E-state index contributed by atoms with van der Waals surface area (Å²) >= 11 is 13.6. The first-order valence-electron chi connectivity index (χ1n) is 9.55. The average Bonchev–Trinajstić information content (AvgIpc) is 3.39. The Balaban J connectivity index is 1.95. The van der Waals surface area contributed by atoms with Crippen molar-refractivity contribution in [3.05, 3.63) is 80.0 Å². The van der Waals surface area contributed by atoms with Gasteiger partial charge in [-0.3, -0.25) is 14.5 Å². The third-order valence-corrected chi connectivity index (χ3v) is 7.52. The number of halogens is 2. The predicted octanol–water partition coefficient (Wildman–Crippen LogP) is 4.34.